The van der Waals surface area contributed by atoms with Gasteiger partial charge >= 0.3 is 0 Å². The molecule has 1 heterocycles. The molecule has 0 N–H and O–H groups in total. The smallest absolute Gasteiger partial charge is 0.213 e. The van der Waals surface area contributed by atoms with Gasteiger partial charge in [-0.05, 0) is 55.2 Å². The van der Waals surface area contributed by atoms with Gasteiger partial charge in [0, 0.05) is 17.8 Å². The Kier molecular flexibility index (Phi) is 12.6. The van der Waals surface area contributed by atoms with Crippen molar-refractivity contribution in [3.63, 3.8) is 0 Å². The Labute approximate surface area is 221 Å². The number of halogens is 3. The van der Waals surface area contributed by atoms with Crippen LogP contribution in [-0.4, -0.2) is 24.4 Å². The maximum atomic E-state index is 14.7. The number of nitrogens with zero attached hydrogens (tertiary/aromatic N) is 1. The Morgan fingerprint density at radius 1 is 0.946 bits per heavy atom. The summed E-state index contributed by atoms with van der Waals surface area (Å²) in [7, 11) is 0. The van der Waals surface area contributed by atoms with Gasteiger partial charge in [0.05, 0.1) is 6.61 Å². The number of unbranched alkanes of at least 4 members (excludes halogenated alkanes) is 8. The zero-order valence-corrected chi connectivity index (χ0v) is 22.7. The van der Waals surface area contributed by atoms with E-state index in [0.717, 1.165) is 49.7 Å². The van der Waals surface area contributed by atoms with Gasteiger partial charge in [-0.1, -0.05) is 77.7 Å². The lowest BCUT2D eigenvalue weighted by atomic mass is 9.80. The van der Waals surface area contributed by atoms with Crippen molar-refractivity contribution in [2.45, 2.75) is 116 Å². The molecule has 1 aromatic heterocycles. The summed E-state index contributed by atoms with van der Waals surface area (Å²) < 4.78 is 54.8. The maximum absolute atomic E-state index is 14.7. The molecule has 1 aromatic carbocycles. The summed E-state index contributed by atoms with van der Waals surface area (Å²) in [5.41, 5.74) is 2.45. The standard InChI is InChI=1S/C31H44F3NO2/c1-3-5-7-9-10-11-13-26(32)22-37-31-27-16-14-23(19-25(27)20-28(33)30(31)34)24-15-17-29(35-21-24)36-18-12-8-6-4-2/h15,17,20-21,23,26H,3-14,16,18-19,22H2,1-2H3. The molecule has 2 atom stereocenters. The third kappa shape index (κ3) is 9.22. The number of aromatic nitrogens is 1. The SMILES string of the molecule is CCCCCCCCC(F)COc1c(F)c(F)cc2c1CCC(c1ccc(OCCCCCC)nc1)C2. The molecule has 2 unspecified atom stereocenters. The molecule has 6 heteroatoms. The van der Waals surface area contributed by atoms with Gasteiger partial charge in [0.25, 0.3) is 0 Å². The Bertz CT molecular complexity index is 935. The number of fused-ring (bicyclic) bond motifs is 1. The first-order valence-corrected chi connectivity index (χ1v) is 14.4. The summed E-state index contributed by atoms with van der Waals surface area (Å²) in [6.07, 6.45) is 14.0. The molecule has 0 bridgehead atoms. The fraction of sp³-hybridized carbons (Fsp3) is 0.645. The van der Waals surface area contributed by atoms with Gasteiger partial charge in [-0.3, -0.25) is 0 Å². The summed E-state index contributed by atoms with van der Waals surface area (Å²) in [5.74, 6) is -1.29. The van der Waals surface area contributed by atoms with Crippen molar-refractivity contribution in [2.24, 2.45) is 0 Å². The number of benzene rings is 1. The highest BCUT2D eigenvalue weighted by molar-refractivity contribution is 5.45. The Hall–Kier alpha value is -2.24. The van der Waals surface area contributed by atoms with Crippen LogP contribution < -0.4 is 9.47 Å². The van der Waals surface area contributed by atoms with Crippen LogP contribution in [0.4, 0.5) is 13.2 Å². The van der Waals surface area contributed by atoms with E-state index in [1.54, 1.807) is 0 Å². The average molecular weight is 520 g/mol. The highest BCUT2D eigenvalue weighted by atomic mass is 19.2. The van der Waals surface area contributed by atoms with Crippen LogP contribution in [0.15, 0.2) is 24.4 Å². The number of ether oxygens (including phenoxy) is 2. The lowest BCUT2D eigenvalue weighted by Crippen LogP contribution is -2.19. The molecule has 0 aliphatic heterocycles. The summed E-state index contributed by atoms with van der Waals surface area (Å²) in [6, 6.07) is 5.17. The molecule has 0 saturated carbocycles. The first-order chi connectivity index (χ1) is 18.0. The minimum atomic E-state index is -1.18. The second-order valence-electron chi connectivity index (χ2n) is 10.4. The number of pyridine rings is 1. The molecular formula is C31H44F3NO2. The molecule has 1 aliphatic rings. The topological polar surface area (TPSA) is 31.4 Å². The van der Waals surface area contributed by atoms with Crippen molar-refractivity contribution < 1.29 is 22.6 Å². The van der Waals surface area contributed by atoms with Crippen molar-refractivity contribution in [3.05, 3.63) is 52.7 Å². The van der Waals surface area contributed by atoms with Gasteiger partial charge in [-0.2, -0.15) is 4.39 Å². The monoisotopic (exact) mass is 519 g/mol. The molecule has 2 aromatic rings. The van der Waals surface area contributed by atoms with E-state index in [1.807, 2.05) is 18.3 Å². The zero-order valence-electron chi connectivity index (χ0n) is 22.7. The lowest BCUT2D eigenvalue weighted by Gasteiger charge is -2.27. The van der Waals surface area contributed by atoms with Crippen LogP contribution in [0.25, 0.3) is 0 Å². The molecule has 0 saturated heterocycles. The van der Waals surface area contributed by atoms with Crippen molar-refractivity contribution in [1.29, 1.82) is 0 Å². The Morgan fingerprint density at radius 2 is 1.68 bits per heavy atom. The van der Waals surface area contributed by atoms with Crippen LogP contribution in [0.5, 0.6) is 11.6 Å². The van der Waals surface area contributed by atoms with Crippen molar-refractivity contribution in [2.75, 3.05) is 13.2 Å². The van der Waals surface area contributed by atoms with Gasteiger partial charge in [0.15, 0.2) is 11.6 Å². The molecule has 1 aliphatic carbocycles. The molecule has 0 spiro atoms. The van der Waals surface area contributed by atoms with E-state index in [1.165, 1.54) is 38.2 Å². The second kappa shape index (κ2) is 15.9. The predicted octanol–water partition coefficient (Wildman–Crippen LogP) is 9.06. The molecule has 0 amide bonds. The maximum Gasteiger partial charge on any atom is 0.213 e. The zero-order chi connectivity index (χ0) is 26.5. The summed E-state index contributed by atoms with van der Waals surface area (Å²) in [5, 5.41) is 0. The number of hydrogen-bond donors (Lipinski definition) is 0. The van der Waals surface area contributed by atoms with Gasteiger partial charge in [-0.25, -0.2) is 13.8 Å². The Balaban J connectivity index is 1.54. The highest BCUT2D eigenvalue weighted by Gasteiger charge is 2.28. The van der Waals surface area contributed by atoms with Crippen LogP contribution in [0.3, 0.4) is 0 Å². The van der Waals surface area contributed by atoms with Crippen LogP contribution in [0.2, 0.25) is 0 Å². The van der Waals surface area contributed by atoms with Crippen molar-refractivity contribution in [3.8, 4) is 11.6 Å². The summed E-state index contributed by atoms with van der Waals surface area (Å²) in [6.45, 7) is 4.77. The van der Waals surface area contributed by atoms with E-state index in [4.69, 9.17) is 9.47 Å². The van der Waals surface area contributed by atoms with Crippen LogP contribution in [-0.2, 0) is 12.8 Å². The first-order valence-electron chi connectivity index (χ1n) is 14.4. The summed E-state index contributed by atoms with van der Waals surface area (Å²) in [4.78, 5) is 4.45. The molecule has 37 heavy (non-hydrogen) atoms. The van der Waals surface area contributed by atoms with E-state index in [0.29, 0.717) is 37.3 Å². The molecule has 0 fully saturated rings. The van der Waals surface area contributed by atoms with Gasteiger partial charge < -0.3 is 9.47 Å². The van der Waals surface area contributed by atoms with Crippen molar-refractivity contribution in [1.82, 2.24) is 4.98 Å². The normalized spacial score (nSPS) is 15.9. The summed E-state index contributed by atoms with van der Waals surface area (Å²) >= 11 is 0. The molecule has 206 valence electrons. The third-order valence-corrected chi connectivity index (χ3v) is 7.34. The molecule has 0 radical (unpaired) electrons. The van der Waals surface area contributed by atoms with Crippen LogP contribution in [0.1, 0.15) is 114 Å². The van der Waals surface area contributed by atoms with E-state index in [2.05, 4.69) is 18.8 Å². The fourth-order valence-electron chi connectivity index (χ4n) is 5.09. The lowest BCUT2D eigenvalue weighted by molar-refractivity contribution is 0.175. The van der Waals surface area contributed by atoms with Gasteiger partial charge in [0.1, 0.15) is 12.8 Å². The minimum Gasteiger partial charge on any atom is -0.487 e. The molecular weight excluding hydrogens is 475 g/mol. The molecule has 3 rings (SSSR count). The minimum absolute atomic E-state index is 0.107. The Morgan fingerprint density at radius 3 is 2.41 bits per heavy atom. The number of rotatable bonds is 17. The fourth-order valence-corrected chi connectivity index (χ4v) is 5.09. The van der Waals surface area contributed by atoms with E-state index in [9.17, 15) is 13.2 Å². The highest BCUT2D eigenvalue weighted by Crippen LogP contribution is 2.39. The quantitative estimate of drug-likeness (QED) is 0.195. The van der Waals surface area contributed by atoms with Gasteiger partial charge in [-0.15, -0.1) is 0 Å². The molecule has 3 nitrogen and oxygen atoms in total. The van der Waals surface area contributed by atoms with Crippen molar-refractivity contribution >= 4 is 0 Å². The van der Waals surface area contributed by atoms with Gasteiger partial charge in [0.2, 0.25) is 11.7 Å². The van der Waals surface area contributed by atoms with E-state index in [-0.39, 0.29) is 18.3 Å². The van der Waals surface area contributed by atoms with E-state index >= 15 is 0 Å². The largest absolute Gasteiger partial charge is 0.487 e. The third-order valence-electron chi connectivity index (χ3n) is 7.34. The average Bonchev–Trinajstić information content (AvgIpc) is 2.91. The first kappa shape index (κ1) is 29.3. The van der Waals surface area contributed by atoms with Crippen LogP contribution >= 0.6 is 0 Å². The second-order valence-corrected chi connectivity index (χ2v) is 10.4. The number of hydrogen-bond acceptors (Lipinski definition) is 3. The van der Waals surface area contributed by atoms with E-state index < -0.39 is 17.8 Å². The predicted molar refractivity (Wildman–Crippen MR) is 143 cm³/mol. The van der Waals surface area contributed by atoms with Crippen LogP contribution in [0, 0.1) is 11.6 Å². The number of alkyl halides is 1.